The molecule has 1 aromatic heterocycles. The summed E-state index contributed by atoms with van der Waals surface area (Å²) in [5.74, 6) is -0.0844. The minimum atomic E-state index is -0.0844. The highest BCUT2D eigenvalue weighted by Gasteiger charge is 2.24. The van der Waals surface area contributed by atoms with E-state index in [-0.39, 0.29) is 24.4 Å². The van der Waals surface area contributed by atoms with E-state index in [1.54, 1.807) is 6.07 Å². The molecule has 0 atom stereocenters. The first-order valence-corrected chi connectivity index (χ1v) is 10.6. The minimum Gasteiger partial charge on any atom is -0.348 e. The van der Waals surface area contributed by atoms with E-state index in [0.717, 1.165) is 42.6 Å². The lowest BCUT2D eigenvalue weighted by molar-refractivity contribution is 0.0913. The Kier molecular flexibility index (Phi) is 7.24. The van der Waals surface area contributed by atoms with Gasteiger partial charge in [0.15, 0.2) is 0 Å². The number of halogens is 3. The SMILES string of the molecule is Cl.O=C(NC1CCN(Cc2ccccc2)CC1)c1sc2cc(Cl)ccc2c1Cl. The van der Waals surface area contributed by atoms with Gasteiger partial charge in [-0.25, -0.2) is 0 Å². The predicted octanol–water partition coefficient (Wildman–Crippen LogP) is 6.02. The van der Waals surface area contributed by atoms with Gasteiger partial charge in [-0.2, -0.15) is 0 Å². The molecule has 1 amide bonds. The van der Waals surface area contributed by atoms with Crippen LogP contribution in [0, 0.1) is 0 Å². The molecule has 2 heterocycles. The molecule has 1 aliphatic rings. The molecule has 0 spiro atoms. The van der Waals surface area contributed by atoms with Crippen molar-refractivity contribution >= 4 is 62.9 Å². The Morgan fingerprint density at radius 2 is 1.82 bits per heavy atom. The van der Waals surface area contributed by atoms with Crippen LogP contribution >= 0.6 is 46.9 Å². The number of rotatable bonds is 4. The molecule has 0 radical (unpaired) electrons. The lowest BCUT2D eigenvalue weighted by Crippen LogP contribution is -2.44. The molecule has 28 heavy (non-hydrogen) atoms. The molecule has 0 saturated carbocycles. The first-order chi connectivity index (χ1) is 13.1. The number of fused-ring (bicyclic) bond motifs is 1. The molecule has 2 aromatic carbocycles. The summed E-state index contributed by atoms with van der Waals surface area (Å²) in [6, 6.07) is 16.2. The van der Waals surface area contributed by atoms with Crippen molar-refractivity contribution in [2.45, 2.75) is 25.4 Å². The van der Waals surface area contributed by atoms with Crippen LogP contribution in [0.15, 0.2) is 48.5 Å². The van der Waals surface area contributed by atoms with Gasteiger partial charge in [-0.1, -0.05) is 59.6 Å². The fourth-order valence-electron chi connectivity index (χ4n) is 3.51. The van der Waals surface area contributed by atoms with Crippen LogP contribution in [0.25, 0.3) is 10.1 Å². The fourth-order valence-corrected chi connectivity index (χ4v) is 5.21. The van der Waals surface area contributed by atoms with Crippen LogP contribution in [0.1, 0.15) is 28.1 Å². The summed E-state index contributed by atoms with van der Waals surface area (Å²) in [6.45, 7) is 2.93. The van der Waals surface area contributed by atoms with E-state index < -0.39 is 0 Å². The topological polar surface area (TPSA) is 32.3 Å². The standard InChI is InChI=1S/C21H20Cl2N2OS.ClH/c22-15-6-7-17-18(12-15)27-20(19(17)23)21(26)24-16-8-10-25(11-9-16)13-14-4-2-1-3-5-14;/h1-7,12,16H,8-11,13H2,(H,24,26);1H. The molecule has 4 rings (SSSR count). The number of hydrogen-bond acceptors (Lipinski definition) is 3. The largest absolute Gasteiger partial charge is 0.348 e. The predicted molar refractivity (Wildman–Crippen MR) is 121 cm³/mol. The Labute approximate surface area is 185 Å². The highest BCUT2D eigenvalue weighted by atomic mass is 35.5. The van der Waals surface area contributed by atoms with E-state index in [1.807, 2.05) is 18.2 Å². The molecule has 0 bridgehead atoms. The zero-order chi connectivity index (χ0) is 18.8. The Morgan fingerprint density at radius 3 is 2.54 bits per heavy atom. The lowest BCUT2D eigenvalue weighted by Gasteiger charge is -2.32. The van der Waals surface area contributed by atoms with E-state index in [2.05, 4.69) is 34.5 Å². The molecular weight excluding hydrogens is 435 g/mol. The quantitative estimate of drug-likeness (QED) is 0.521. The van der Waals surface area contributed by atoms with Crippen LogP contribution in [0.3, 0.4) is 0 Å². The zero-order valence-corrected chi connectivity index (χ0v) is 18.3. The lowest BCUT2D eigenvalue weighted by atomic mass is 10.0. The van der Waals surface area contributed by atoms with E-state index in [0.29, 0.717) is 14.9 Å². The van der Waals surface area contributed by atoms with E-state index in [1.165, 1.54) is 16.9 Å². The summed E-state index contributed by atoms with van der Waals surface area (Å²) in [7, 11) is 0. The maximum atomic E-state index is 12.7. The van der Waals surface area contributed by atoms with E-state index in [9.17, 15) is 4.79 Å². The van der Waals surface area contributed by atoms with Crippen molar-refractivity contribution in [3.05, 3.63) is 69.0 Å². The summed E-state index contributed by atoms with van der Waals surface area (Å²) in [5, 5.41) is 5.22. The van der Waals surface area contributed by atoms with Crippen LogP contribution in [0.4, 0.5) is 0 Å². The number of nitrogens with zero attached hydrogens (tertiary/aromatic N) is 1. The first kappa shape index (κ1) is 21.4. The molecule has 1 fully saturated rings. The third kappa shape index (κ3) is 4.81. The number of carbonyl (C=O) groups excluding carboxylic acids is 1. The van der Waals surface area contributed by atoms with Crippen LogP contribution in [-0.4, -0.2) is 29.9 Å². The number of nitrogens with one attached hydrogen (secondary N) is 1. The van der Waals surface area contributed by atoms with Gasteiger partial charge in [0.05, 0.1) is 5.02 Å². The average molecular weight is 456 g/mol. The number of likely N-dealkylation sites (tertiary alicyclic amines) is 1. The summed E-state index contributed by atoms with van der Waals surface area (Å²) >= 11 is 13.9. The first-order valence-electron chi connectivity index (χ1n) is 9.05. The van der Waals surface area contributed by atoms with Gasteiger partial charge in [0.2, 0.25) is 0 Å². The second kappa shape index (κ2) is 9.47. The minimum absolute atomic E-state index is 0. The van der Waals surface area contributed by atoms with Crippen LogP contribution in [0.5, 0.6) is 0 Å². The van der Waals surface area contributed by atoms with Gasteiger partial charge in [0.25, 0.3) is 5.91 Å². The number of amides is 1. The van der Waals surface area contributed by atoms with Crippen molar-refractivity contribution in [2.24, 2.45) is 0 Å². The highest BCUT2D eigenvalue weighted by Crippen LogP contribution is 2.36. The van der Waals surface area contributed by atoms with Crippen molar-refractivity contribution in [3.63, 3.8) is 0 Å². The summed E-state index contributed by atoms with van der Waals surface area (Å²) in [5.41, 5.74) is 1.33. The summed E-state index contributed by atoms with van der Waals surface area (Å²) in [6.07, 6.45) is 1.90. The number of thiophene rings is 1. The van der Waals surface area contributed by atoms with Gasteiger partial charge < -0.3 is 5.32 Å². The van der Waals surface area contributed by atoms with Gasteiger partial charge >= 0.3 is 0 Å². The van der Waals surface area contributed by atoms with Crippen LogP contribution < -0.4 is 5.32 Å². The fraction of sp³-hybridized carbons (Fsp3) is 0.286. The molecule has 0 unspecified atom stereocenters. The molecule has 7 heteroatoms. The van der Waals surface area contributed by atoms with Crippen molar-refractivity contribution in [2.75, 3.05) is 13.1 Å². The molecule has 3 aromatic rings. The normalized spacial score (nSPS) is 15.4. The maximum Gasteiger partial charge on any atom is 0.263 e. The third-order valence-electron chi connectivity index (χ3n) is 4.97. The summed E-state index contributed by atoms with van der Waals surface area (Å²) in [4.78, 5) is 15.7. The Morgan fingerprint density at radius 1 is 1.11 bits per heavy atom. The van der Waals surface area contributed by atoms with Crippen LogP contribution in [-0.2, 0) is 6.54 Å². The van der Waals surface area contributed by atoms with Crippen molar-refractivity contribution in [1.29, 1.82) is 0 Å². The van der Waals surface area contributed by atoms with Crippen molar-refractivity contribution in [3.8, 4) is 0 Å². The maximum absolute atomic E-state index is 12.7. The molecule has 148 valence electrons. The molecule has 0 aliphatic carbocycles. The van der Waals surface area contributed by atoms with Gasteiger partial charge in [0, 0.05) is 40.8 Å². The van der Waals surface area contributed by atoms with Crippen molar-refractivity contribution in [1.82, 2.24) is 10.2 Å². The Bertz CT molecular complexity index is 953. The Hall–Kier alpha value is -1.30. The van der Waals surface area contributed by atoms with Crippen LogP contribution in [0.2, 0.25) is 10.0 Å². The monoisotopic (exact) mass is 454 g/mol. The number of carbonyl (C=O) groups is 1. The van der Waals surface area contributed by atoms with Crippen molar-refractivity contribution < 1.29 is 4.79 Å². The highest BCUT2D eigenvalue weighted by molar-refractivity contribution is 7.21. The molecule has 1 N–H and O–H groups in total. The Balaban J connectivity index is 0.00000225. The number of benzene rings is 2. The van der Waals surface area contributed by atoms with Gasteiger partial charge in [-0.3, -0.25) is 9.69 Å². The number of hydrogen-bond donors (Lipinski definition) is 1. The molecule has 3 nitrogen and oxygen atoms in total. The second-order valence-electron chi connectivity index (χ2n) is 6.90. The third-order valence-corrected chi connectivity index (χ3v) is 6.86. The smallest absolute Gasteiger partial charge is 0.263 e. The van der Waals surface area contributed by atoms with Gasteiger partial charge in [0.1, 0.15) is 4.88 Å². The van der Waals surface area contributed by atoms with Gasteiger partial charge in [-0.05, 0) is 30.5 Å². The molecule has 1 saturated heterocycles. The van der Waals surface area contributed by atoms with Gasteiger partial charge in [-0.15, -0.1) is 23.7 Å². The number of piperidine rings is 1. The molecular formula is C21H21Cl3N2OS. The zero-order valence-electron chi connectivity index (χ0n) is 15.2. The van der Waals surface area contributed by atoms with E-state index in [4.69, 9.17) is 23.2 Å². The average Bonchev–Trinajstić information content (AvgIpc) is 3.00. The second-order valence-corrected chi connectivity index (χ2v) is 8.76. The summed E-state index contributed by atoms with van der Waals surface area (Å²) < 4.78 is 0.940. The molecule has 1 aliphatic heterocycles. The van der Waals surface area contributed by atoms with E-state index >= 15 is 0 Å².